The molecule has 3 atom stereocenters. The van der Waals surface area contributed by atoms with Crippen LogP contribution in [0, 0.1) is 5.92 Å². The summed E-state index contributed by atoms with van der Waals surface area (Å²) in [4.78, 5) is 14.1. The lowest BCUT2D eigenvalue weighted by Gasteiger charge is -2.31. The molecule has 3 nitrogen and oxygen atoms in total. The van der Waals surface area contributed by atoms with Crippen molar-refractivity contribution in [2.24, 2.45) is 11.7 Å². The van der Waals surface area contributed by atoms with Gasteiger partial charge in [0.1, 0.15) is 0 Å². The maximum atomic E-state index is 11.9. The molecule has 1 unspecified atom stereocenters. The van der Waals surface area contributed by atoms with Crippen LogP contribution in [-0.4, -0.2) is 30.4 Å². The number of benzene rings is 1. The smallest absolute Gasteiger partial charge is 0.222 e. The van der Waals surface area contributed by atoms with Crippen LogP contribution in [0.4, 0.5) is 0 Å². The monoisotopic (exact) mass is 280 g/mol. The van der Waals surface area contributed by atoms with Gasteiger partial charge in [0.25, 0.3) is 0 Å². The summed E-state index contributed by atoms with van der Waals surface area (Å²) in [6.45, 7) is 3.12. The molecule has 1 fully saturated rings. The number of carbonyl (C=O) groups is 1. The second-order valence-electron chi connectivity index (χ2n) is 5.46. The Labute approximate surface area is 119 Å². The van der Waals surface area contributed by atoms with Gasteiger partial charge >= 0.3 is 0 Å². The number of carbonyl (C=O) groups excluding carboxylic acids is 1. The van der Waals surface area contributed by atoms with Gasteiger partial charge in [0.2, 0.25) is 5.91 Å². The second kappa shape index (κ2) is 5.93. The molecule has 1 aromatic rings. The first-order valence-corrected chi connectivity index (χ1v) is 7.13. The first kappa shape index (κ1) is 14.4. The van der Waals surface area contributed by atoms with Gasteiger partial charge in [-0.25, -0.2) is 0 Å². The molecule has 0 radical (unpaired) electrons. The lowest BCUT2D eigenvalue weighted by molar-refractivity contribution is -0.124. The predicted molar refractivity (Wildman–Crippen MR) is 78.2 cm³/mol. The molecule has 1 aromatic carbocycles. The minimum Gasteiger partial charge on any atom is -0.369 e. The molecule has 0 saturated carbocycles. The third-order valence-corrected chi connectivity index (χ3v) is 4.51. The highest BCUT2D eigenvalue weighted by atomic mass is 35.5. The Kier molecular flexibility index (Phi) is 4.48. The van der Waals surface area contributed by atoms with E-state index in [-0.39, 0.29) is 23.8 Å². The number of primary amides is 1. The molecule has 104 valence electrons. The summed E-state index contributed by atoms with van der Waals surface area (Å²) in [5, 5.41) is 0.713. The SMILES string of the molecule is C[C@H](c1ccc(Cl)cc1)C(C(N)=O)[C@H]1CCCN1C. The van der Waals surface area contributed by atoms with Gasteiger partial charge in [-0.2, -0.15) is 0 Å². The van der Waals surface area contributed by atoms with Crippen LogP contribution in [0.3, 0.4) is 0 Å². The van der Waals surface area contributed by atoms with Gasteiger partial charge in [0.05, 0.1) is 5.92 Å². The lowest BCUT2D eigenvalue weighted by Crippen LogP contribution is -2.42. The fourth-order valence-corrected chi connectivity index (χ4v) is 3.26. The number of halogens is 1. The van der Waals surface area contributed by atoms with Crippen LogP contribution in [0.5, 0.6) is 0 Å². The second-order valence-corrected chi connectivity index (χ2v) is 5.89. The van der Waals surface area contributed by atoms with Gasteiger partial charge in [0, 0.05) is 11.1 Å². The number of amides is 1. The highest BCUT2D eigenvalue weighted by molar-refractivity contribution is 6.30. The maximum Gasteiger partial charge on any atom is 0.222 e. The van der Waals surface area contributed by atoms with Crippen molar-refractivity contribution >= 4 is 17.5 Å². The molecule has 0 aromatic heterocycles. The Morgan fingerprint density at radius 1 is 1.42 bits per heavy atom. The maximum absolute atomic E-state index is 11.9. The summed E-state index contributed by atoms with van der Waals surface area (Å²) in [5.74, 6) is -0.241. The van der Waals surface area contributed by atoms with E-state index in [1.54, 1.807) is 0 Å². The molecule has 0 aliphatic carbocycles. The Morgan fingerprint density at radius 2 is 2.05 bits per heavy atom. The predicted octanol–water partition coefficient (Wildman–Crippen LogP) is 2.64. The van der Waals surface area contributed by atoms with Crippen molar-refractivity contribution in [1.82, 2.24) is 4.90 Å². The van der Waals surface area contributed by atoms with Crippen molar-refractivity contribution in [1.29, 1.82) is 0 Å². The molecular formula is C15H21ClN2O. The zero-order valence-corrected chi connectivity index (χ0v) is 12.2. The largest absolute Gasteiger partial charge is 0.369 e. The molecule has 19 heavy (non-hydrogen) atoms. The molecule has 2 N–H and O–H groups in total. The first-order chi connectivity index (χ1) is 9.00. The molecule has 1 heterocycles. The van der Waals surface area contributed by atoms with Gasteiger partial charge in [-0.3, -0.25) is 4.79 Å². The van der Waals surface area contributed by atoms with Crippen LogP contribution in [-0.2, 0) is 4.79 Å². The molecule has 1 aliphatic heterocycles. The van der Waals surface area contributed by atoms with Gasteiger partial charge in [0.15, 0.2) is 0 Å². The Hall–Kier alpha value is -1.06. The van der Waals surface area contributed by atoms with Crippen molar-refractivity contribution in [2.75, 3.05) is 13.6 Å². The molecule has 4 heteroatoms. The summed E-state index contributed by atoms with van der Waals surface area (Å²) >= 11 is 5.91. The van der Waals surface area contributed by atoms with E-state index in [4.69, 9.17) is 17.3 Å². The van der Waals surface area contributed by atoms with Crippen LogP contribution < -0.4 is 5.73 Å². The van der Waals surface area contributed by atoms with E-state index in [2.05, 4.69) is 18.9 Å². The third kappa shape index (κ3) is 3.10. The Bertz CT molecular complexity index is 446. The topological polar surface area (TPSA) is 46.3 Å². The molecule has 1 aliphatic rings. The first-order valence-electron chi connectivity index (χ1n) is 6.75. The van der Waals surface area contributed by atoms with E-state index >= 15 is 0 Å². The third-order valence-electron chi connectivity index (χ3n) is 4.25. The minimum absolute atomic E-state index is 0.111. The molecule has 1 amide bonds. The zero-order chi connectivity index (χ0) is 14.0. The Balaban J connectivity index is 2.23. The van der Waals surface area contributed by atoms with Crippen molar-refractivity contribution in [3.05, 3.63) is 34.9 Å². The number of hydrogen-bond acceptors (Lipinski definition) is 2. The normalized spacial score (nSPS) is 23.2. The van der Waals surface area contributed by atoms with Crippen molar-refractivity contribution in [3.8, 4) is 0 Å². The summed E-state index contributed by atoms with van der Waals surface area (Å²) in [5.41, 5.74) is 6.77. The molecule has 1 saturated heterocycles. The van der Waals surface area contributed by atoms with E-state index in [0.29, 0.717) is 5.02 Å². The summed E-state index contributed by atoms with van der Waals surface area (Å²) in [6.07, 6.45) is 2.18. The highest BCUT2D eigenvalue weighted by Gasteiger charge is 2.36. The van der Waals surface area contributed by atoms with Crippen LogP contribution in [0.15, 0.2) is 24.3 Å². The minimum atomic E-state index is -0.207. The number of rotatable bonds is 4. The highest BCUT2D eigenvalue weighted by Crippen LogP contribution is 2.33. The number of nitrogens with zero attached hydrogens (tertiary/aromatic N) is 1. The van der Waals surface area contributed by atoms with E-state index in [0.717, 1.165) is 24.9 Å². The van der Waals surface area contributed by atoms with Gasteiger partial charge < -0.3 is 10.6 Å². The molecule has 2 rings (SSSR count). The quantitative estimate of drug-likeness (QED) is 0.922. The van der Waals surface area contributed by atoms with Crippen molar-refractivity contribution in [3.63, 3.8) is 0 Å². The van der Waals surface area contributed by atoms with E-state index in [1.807, 2.05) is 24.3 Å². The average molecular weight is 281 g/mol. The van der Waals surface area contributed by atoms with Crippen LogP contribution in [0.1, 0.15) is 31.2 Å². The van der Waals surface area contributed by atoms with Crippen LogP contribution in [0.25, 0.3) is 0 Å². The van der Waals surface area contributed by atoms with Crippen LogP contribution >= 0.6 is 11.6 Å². The summed E-state index contributed by atoms with van der Waals surface area (Å²) in [7, 11) is 2.07. The molecule has 0 spiro atoms. The fourth-order valence-electron chi connectivity index (χ4n) is 3.13. The zero-order valence-electron chi connectivity index (χ0n) is 11.5. The lowest BCUT2D eigenvalue weighted by atomic mass is 9.81. The van der Waals surface area contributed by atoms with Crippen molar-refractivity contribution in [2.45, 2.75) is 31.7 Å². The van der Waals surface area contributed by atoms with Crippen molar-refractivity contribution < 1.29 is 4.79 Å². The summed E-state index contributed by atoms with van der Waals surface area (Å²) in [6, 6.07) is 7.95. The van der Waals surface area contributed by atoms with E-state index < -0.39 is 0 Å². The van der Waals surface area contributed by atoms with Gasteiger partial charge in [-0.1, -0.05) is 30.7 Å². The number of likely N-dealkylation sites (tertiary alicyclic amines) is 1. The molecule has 0 bridgehead atoms. The van der Waals surface area contributed by atoms with E-state index in [1.165, 1.54) is 0 Å². The summed E-state index contributed by atoms with van der Waals surface area (Å²) < 4.78 is 0. The fraction of sp³-hybridized carbons (Fsp3) is 0.533. The van der Waals surface area contributed by atoms with Gasteiger partial charge in [-0.05, 0) is 50.0 Å². The Morgan fingerprint density at radius 3 is 2.53 bits per heavy atom. The standard InChI is InChI=1S/C15H21ClN2O/c1-10(11-5-7-12(16)8-6-11)14(15(17)19)13-4-3-9-18(13)2/h5-8,10,13-14H,3-4,9H2,1-2H3,(H2,17,19)/t10-,13-,14?/m1/s1. The van der Waals surface area contributed by atoms with Gasteiger partial charge in [-0.15, -0.1) is 0 Å². The van der Waals surface area contributed by atoms with Crippen LogP contribution in [0.2, 0.25) is 5.02 Å². The number of hydrogen-bond donors (Lipinski definition) is 1. The van der Waals surface area contributed by atoms with E-state index in [9.17, 15) is 4.79 Å². The molecular weight excluding hydrogens is 260 g/mol. The number of nitrogens with two attached hydrogens (primary N) is 1. The average Bonchev–Trinajstić information content (AvgIpc) is 2.76.